The van der Waals surface area contributed by atoms with Gasteiger partial charge in [0, 0.05) is 16.7 Å². The molecular weight excluding hydrogens is 569 g/mol. The van der Waals surface area contributed by atoms with Crippen LogP contribution in [-0.4, -0.2) is 18.0 Å². The zero-order chi connectivity index (χ0) is 29.8. The second-order valence-corrected chi connectivity index (χ2v) is 15.0. The molecule has 2 aliphatic rings. The largest absolute Gasteiger partial charge is 0.458 e. The number of hydrogen-bond acceptors (Lipinski definition) is 4. The van der Waals surface area contributed by atoms with Gasteiger partial charge in [0.25, 0.3) is 0 Å². The summed E-state index contributed by atoms with van der Waals surface area (Å²) < 4.78 is 13.3. The molecule has 6 aromatic carbocycles. The van der Waals surface area contributed by atoms with Crippen molar-refractivity contribution in [2.45, 2.75) is 0 Å². The summed E-state index contributed by atoms with van der Waals surface area (Å²) in [4.78, 5) is 10.1. The number of rotatable bonds is 3. The normalized spacial score (nSPS) is 13.4. The molecule has 212 valence electrons. The predicted molar refractivity (Wildman–Crippen MR) is 182 cm³/mol. The number of fused-ring (bicyclic) bond motifs is 8. The average molecular weight is 595 g/mol. The van der Waals surface area contributed by atoms with Crippen LogP contribution in [0.3, 0.4) is 0 Å². The fraction of sp³-hybridized carbons (Fsp3) is 0. The fourth-order valence-corrected chi connectivity index (χ4v) is 12.0. The molecule has 0 saturated heterocycles. The Morgan fingerprint density at radius 3 is 1.38 bits per heavy atom. The van der Waals surface area contributed by atoms with E-state index in [4.69, 9.17) is 19.4 Å². The third kappa shape index (κ3) is 3.98. The van der Waals surface area contributed by atoms with Crippen LogP contribution in [0.5, 0.6) is 23.0 Å². The van der Waals surface area contributed by atoms with Crippen LogP contribution in [-0.2, 0) is 0 Å². The number of hydrogen-bond donors (Lipinski definition) is 0. The highest BCUT2D eigenvalue weighted by molar-refractivity contribution is 7.21. The number of aromatic nitrogens is 2. The molecule has 45 heavy (non-hydrogen) atoms. The van der Waals surface area contributed by atoms with Crippen molar-refractivity contribution in [1.82, 2.24) is 9.97 Å². The third-order valence-corrected chi connectivity index (χ3v) is 13.7. The van der Waals surface area contributed by atoms with E-state index in [2.05, 4.69) is 109 Å². The molecule has 5 heteroatoms. The minimum Gasteiger partial charge on any atom is -0.458 e. The molecule has 7 aromatic rings. The van der Waals surface area contributed by atoms with E-state index in [1.54, 1.807) is 0 Å². The quantitative estimate of drug-likeness (QED) is 0.205. The number of benzene rings is 6. The van der Waals surface area contributed by atoms with Gasteiger partial charge in [-0.15, -0.1) is 0 Å². The first-order valence-electron chi connectivity index (χ1n) is 15.1. The van der Waals surface area contributed by atoms with Crippen LogP contribution < -0.4 is 30.2 Å². The number of nitrogens with zero attached hydrogens (tertiary/aromatic N) is 2. The minimum atomic E-state index is -2.79. The molecule has 0 fully saturated rings. The summed E-state index contributed by atoms with van der Waals surface area (Å²) in [5.74, 6) is 4.24. The lowest BCUT2D eigenvalue weighted by Gasteiger charge is -2.43. The molecule has 4 nitrogen and oxygen atoms in total. The van der Waals surface area contributed by atoms with Gasteiger partial charge in [0.1, 0.15) is 23.0 Å². The zero-order valence-electron chi connectivity index (χ0n) is 24.2. The summed E-state index contributed by atoms with van der Waals surface area (Å²) in [7, 11) is -2.79. The Labute approximate surface area is 262 Å². The second kappa shape index (κ2) is 10.1. The first-order valence-corrected chi connectivity index (χ1v) is 17.1. The van der Waals surface area contributed by atoms with Crippen LogP contribution in [0.4, 0.5) is 0 Å². The van der Waals surface area contributed by atoms with Crippen molar-refractivity contribution in [2.24, 2.45) is 0 Å². The first-order chi connectivity index (χ1) is 22.3. The maximum atomic E-state index is 6.78. The van der Waals surface area contributed by atoms with Gasteiger partial charge in [-0.2, -0.15) is 0 Å². The topological polar surface area (TPSA) is 44.2 Å². The van der Waals surface area contributed by atoms with Crippen LogP contribution in [0.1, 0.15) is 0 Å². The van der Waals surface area contributed by atoms with Gasteiger partial charge in [-0.25, -0.2) is 9.97 Å². The number of ether oxygens (including phenoxy) is 2. The SMILES string of the molecule is c1ccc(-c2cc(-c3ccc4c(c3)Oc3ccccc3[Si]43c4ccccc4Oc4ccccc43)nc(-c3ccccc3)n2)cc1. The summed E-state index contributed by atoms with van der Waals surface area (Å²) in [6.07, 6.45) is 0. The molecule has 2 aliphatic heterocycles. The van der Waals surface area contributed by atoms with E-state index in [1.165, 1.54) is 20.7 Å². The van der Waals surface area contributed by atoms with Crippen LogP contribution in [0.2, 0.25) is 0 Å². The Balaban J connectivity index is 1.29. The van der Waals surface area contributed by atoms with Crippen molar-refractivity contribution >= 4 is 28.8 Å². The van der Waals surface area contributed by atoms with E-state index < -0.39 is 8.07 Å². The van der Waals surface area contributed by atoms with Gasteiger partial charge >= 0.3 is 0 Å². The lowest BCUT2D eigenvalue weighted by Crippen LogP contribution is -2.77. The van der Waals surface area contributed by atoms with Crippen molar-refractivity contribution in [2.75, 3.05) is 0 Å². The van der Waals surface area contributed by atoms with Gasteiger partial charge < -0.3 is 9.47 Å². The first kappa shape index (κ1) is 25.7. The van der Waals surface area contributed by atoms with Gasteiger partial charge in [-0.3, -0.25) is 0 Å². The molecule has 0 radical (unpaired) electrons. The highest BCUT2D eigenvalue weighted by atomic mass is 28.3. The molecule has 0 bridgehead atoms. The van der Waals surface area contributed by atoms with Crippen molar-refractivity contribution in [3.05, 3.63) is 158 Å². The molecule has 0 unspecified atom stereocenters. The molecule has 0 atom stereocenters. The molecule has 3 heterocycles. The van der Waals surface area contributed by atoms with Crippen LogP contribution in [0.25, 0.3) is 33.9 Å². The van der Waals surface area contributed by atoms with E-state index in [1.807, 2.05) is 48.5 Å². The molecule has 0 saturated carbocycles. The Kier molecular flexibility index (Phi) is 5.79. The third-order valence-electron chi connectivity index (χ3n) is 8.82. The summed E-state index contributed by atoms with van der Waals surface area (Å²) in [5.41, 5.74) is 4.71. The highest BCUT2D eigenvalue weighted by Crippen LogP contribution is 2.38. The lowest BCUT2D eigenvalue weighted by atomic mass is 10.1. The minimum absolute atomic E-state index is 0.689. The van der Waals surface area contributed by atoms with Crippen LogP contribution in [0.15, 0.2) is 158 Å². The van der Waals surface area contributed by atoms with E-state index >= 15 is 0 Å². The predicted octanol–water partition coefficient (Wildman–Crippen LogP) is 7.07. The van der Waals surface area contributed by atoms with Gasteiger partial charge in [0.05, 0.1) is 11.4 Å². The van der Waals surface area contributed by atoms with Crippen molar-refractivity contribution < 1.29 is 9.47 Å². The maximum absolute atomic E-state index is 6.78. The van der Waals surface area contributed by atoms with E-state index in [0.29, 0.717) is 5.82 Å². The Morgan fingerprint density at radius 2 is 0.800 bits per heavy atom. The van der Waals surface area contributed by atoms with Crippen LogP contribution >= 0.6 is 0 Å². The fourth-order valence-electron chi connectivity index (χ4n) is 6.85. The Bertz CT molecular complexity index is 2110. The molecule has 1 spiro atoms. The van der Waals surface area contributed by atoms with Gasteiger partial charge in [-0.1, -0.05) is 127 Å². The molecule has 9 rings (SSSR count). The van der Waals surface area contributed by atoms with Crippen molar-refractivity contribution in [3.63, 3.8) is 0 Å². The highest BCUT2D eigenvalue weighted by Gasteiger charge is 2.52. The summed E-state index contributed by atoms with van der Waals surface area (Å²) in [5, 5.41) is 4.89. The summed E-state index contributed by atoms with van der Waals surface area (Å²) in [6, 6.07) is 54.6. The average Bonchev–Trinajstić information content (AvgIpc) is 3.12. The van der Waals surface area contributed by atoms with Gasteiger partial charge in [-0.05, 0) is 51.1 Å². The standard InChI is InChI=1S/C40H26N2O2Si/c1-3-13-27(14-4-1)30-26-31(42-40(41-30)28-15-5-2-6-16-28)29-23-24-39-35(25-29)44-34-19-9-12-22-38(34)45(39)36-20-10-7-17-32(36)43-33-18-8-11-21-37(33)45/h1-26H. The second-order valence-electron chi connectivity index (χ2n) is 11.3. The monoisotopic (exact) mass is 594 g/mol. The Hall–Kier alpha value is -5.78. The van der Waals surface area contributed by atoms with Crippen molar-refractivity contribution in [1.29, 1.82) is 0 Å². The van der Waals surface area contributed by atoms with E-state index in [9.17, 15) is 0 Å². The summed E-state index contributed by atoms with van der Waals surface area (Å²) >= 11 is 0. The maximum Gasteiger partial charge on any atom is 0.196 e. The van der Waals surface area contributed by atoms with Crippen molar-refractivity contribution in [3.8, 4) is 56.9 Å². The molecule has 0 amide bonds. The Morgan fingerprint density at radius 1 is 0.356 bits per heavy atom. The van der Waals surface area contributed by atoms with Gasteiger partial charge in [0.2, 0.25) is 0 Å². The lowest BCUT2D eigenvalue weighted by molar-refractivity contribution is 0.482. The molecule has 0 N–H and O–H groups in total. The smallest absolute Gasteiger partial charge is 0.196 e. The molecule has 0 aliphatic carbocycles. The number of para-hydroxylation sites is 3. The van der Waals surface area contributed by atoms with Crippen LogP contribution in [0, 0.1) is 0 Å². The van der Waals surface area contributed by atoms with E-state index in [-0.39, 0.29) is 0 Å². The summed E-state index contributed by atoms with van der Waals surface area (Å²) in [6.45, 7) is 0. The molecular formula is C40H26N2O2Si. The zero-order valence-corrected chi connectivity index (χ0v) is 25.2. The van der Waals surface area contributed by atoms with Gasteiger partial charge in [0.15, 0.2) is 13.9 Å². The van der Waals surface area contributed by atoms with E-state index in [0.717, 1.165) is 51.1 Å². The molecule has 1 aromatic heterocycles.